The van der Waals surface area contributed by atoms with Gasteiger partial charge in [0.15, 0.2) is 0 Å². The van der Waals surface area contributed by atoms with Crippen LogP contribution in [0.4, 0.5) is 0 Å². The Hall–Kier alpha value is -0.237. The van der Waals surface area contributed by atoms with Crippen LogP contribution in [0.5, 0.6) is 0 Å². The molecule has 0 radical (unpaired) electrons. The Morgan fingerprint density at radius 3 is 1.24 bits per heavy atom. The summed E-state index contributed by atoms with van der Waals surface area (Å²) < 4.78 is 3.45. The van der Waals surface area contributed by atoms with E-state index in [9.17, 15) is 10.2 Å². The Morgan fingerprint density at radius 1 is 0.762 bits per heavy atom. The summed E-state index contributed by atoms with van der Waals surface area (Å²) in [7, 11) is 0. The van der Waals surface area contributed by atoms with Gasteiger partial charge in [-0.25, -0.2) is 0 Å². The molecule has 116 valence electrons. The molecule has 2 nitrogen and oxygen atoms in total. The van der Waals surface area contributed by atoms with Crippen LogP contribution in [-0.2, 0) is 23.2 Å². The van der Waals surface area contributed by atoms with E-state index in [0.29, 0.717) is 0 Å². The zero-order valence-electron chi connectivity index (χ0n) is 14.2. The molecule has 0 aliphatic heterocycles. The SMILES string of the molecule is C1=CC[C]([Zr+2][C]2=CC=CC2)=C1.CC(C)(C)[O-].CC(C)(C)[O-]. The summed E-state index contributed by atoms with van der Waals surface area (Å²) in [5.41, 5.74) is -1.50. The zero-order chi connectivity index (χ0) is 16.5. The van der Waals surface area contributed by atoms with E-state index in [1.807, 2.05) is 0 Å². The van der Waals surface area contributed by atoms with Crippen LogP contribution in [0.1, 0.15) is 54.4 Å². The van der Waals surface area contributed by atoms with Crippen LogP contribution in [-0.4, -0.2) is 11.2 Å². The molecule has 0 N–H and O–H groups in total. The minimum absolute atomic E-state index is 0.312. The summed E-state index contributed by atoms with van der Waals surface area (Å²) in [6.45, 7) is 9.79. The summed E-state index contributed by atoms with van der Waals surface area (Å²) in [6, 6.07) is 0. The Labute approximate surface area is 141 Å². The molecule has 0 bridgehead atoms. The molecule has 0 aromatic rings. The molecule has 2 aliphatic rings. The van der Waals surface area contributed by atoms with Crippen molar-refractivity contribution in [1.82, 2.24) is 0 Å². The van der Waals surface area contributed by atoms with E-state index in [1.165, 1.54) is 12.8 Å². The average molecular weight is 368 g/mol. The number of hydrogen-bond acceptors (Lipinski definition) is 2. The van der Waals surface area contributed by atoms with Crippen molar-refractivity contribution in [3.05, 3.63) is 43.0 Å². The van der Waals surface area contributed by atoms with Crippen molar-refractivity contribution in [3.8, 4) is 0 Å². The zero-order valence-corrected chi connectivity index (χ0v) is 16.7. The number of allylic oxidation sites excluding steroid dienone is 8. The van der Waals surface area contributed by atoms with Crippen LogP contribution in [0, 0.1) is 0 Å². The van der Waals surface area contributed by atoms with Gasteiger partial charge in [0.1, 0.15) is 0 Å². The first-order chi connectivity index (χ1) is 9.45. The van der Waals surface area contributed by atoms with Gasteiger partial charge in [0.05, 0.1) is 0 Å². The molecule has 21 heavy (non-hydrogen) atoms. The van der Waals surface area contributed by atoms with Gasteiger partial charge in [0.25, 0.3) is 0 Å². The first kappa shape index (κ1) is 20.8. The second-order valence-electron chi connectivity index (χ2n) is 7.00. The third-order valence-corrected chi connectivity index (χ3v) is 5.27. The van der Waals surface area contributed by atoms with Crippen molar-refractivity contribution in [3.63, 3.8) is 0 Å². The van der Waals surface area contributed by atoms with E-state index >= 15 is 0 Å². The summed E-state index contributed by atoms with van der Waals surface area (Å²) in [5.74, 6) is 0. The maximum Gasteiger partial charge on any atom is -0.0756 e. The standard InChI is InChI=1S/2C5H5.2C4H9O.Zr/c2*1-2-4-5-3-1;2*1-4(2,3)5;/h2*1-3H,4H2;2*1-3H3;/q;;2*-1;+2. The van der Waals surface area contributed by atoms with Crippen molar-refractivity contribution in [2.75, 3.05) is 0 Å². The summed E-state index contributed by atoms with van der Waals surface area (Å²) in [4.78, 5) is 0. The van der Waals surface area contributed by atoms with Crippen molar-refractivity contribution >= 4 is 0 Å². The molecule has 0 atom stereocenters. The van der Waals surface area contributed by atoms with Gasteiger partial charge >= 0.3 is 79.1 Å². The molecule has 0 spiro atoms. The van der Waals surface area contributed by atoms with E-state index in [-0.39, 0.29) is 23.2 Å². The van der Waals surface area contributed by atoms with Crippen molar-refractivity contribution in [2.45, 2.75) is 65.6 Å². The summed E-state index contributed by atoms with van der Waals surface area (Å²) >= 11 is -0.312. The van der Waals surface area contributed by atoms with Crippen LogP contribution < -0.4 is 10.2 Å². The van der Waals surface area contributed by atoms with Gasteiger partial charge in [-0.05, 0) is 0 Å². The Kier molecular flexibility index (Phi) is 9.60. The maximum atomic E-state index is 10.1. The topological polar surface area (TPSA) is 46.1 Å². The summed E-state index contributed by atoms with van der Waals surface area (Å²) in [6.07, 6.45) is 16.0. The third kappa shape index (κ3) is 19.8. The monoisotopic (exact) mass is 366 g/mol. The molecular formula is C18H28O2Zr. The van der Waals surface area contributed by atoms with Gasteiger partial charge in [0, 0.05) is 0 Å². The van der Waals surface area contributed by atoms with Crippen LogP contribution in [0.15, 0.2) is 43.0 Å². The molecular weight excluding hydrogens is 339 g/mol. The van der Waals surface area contributed by atoms with E-state index in [2.05, 4.69) is 36.5 Å². The van der Waals surface area contributed by atoms with E-state index in [4.69, 9.17) is 0 Å². The van der Waals surface area contributed by atoms with Gasteiger partial charge in [-0.2, -0.15) is 0 Å². The third-order valence-electron chi connectivity index (χ3n) is 1.86. The Bertz CT molecular complexity index is 363. The number of hydrogen-bond donors (Lipinski definition) is 0. The largest absolute Gasteiger partial charge is 0.850 e. The molecule has 0 aromatic heterocycles. The Morgan fingerprint density at radius 2 is 1.05 bits per heavy atom. The minimum Gasteiger partial charge on any atom is -0.850 e. The quantitative estimate of drug-likeness (QED) is 0.753. The Balaban J connectivity index is 0.000000340. The van der Waals surface area contributed by atoms with Crippen molar-refractivity contribution in [2.24, 2.45) is 0 Å². The van der Waals surface area contributed by atoms with Gasteiger partial charge < -0.3 is 10.2 Å². The normalized spacial score (nSPS) is 16.2. The molecule has 0 saturated carbocycles. The van der Waals surface area contributed by atoms with Crippen molar-refractivity contribution < 1.29 is 33.4 Å². The molecule has 2 rings (SSSR count). The fraction of sp³-hybridized carbons (Fsp3) is 0.556. The molecule has 0 aromatic carbocycles. The fourth-order valence-electron chi connectivity index (χ4n) is 1.29. The fourth-order valence-corrected chi connectivity index (χ4v) is 4.26. The van der Waals surface area contributed by atoms with Gasteiger partial charge in [-0.1, -0.05) is 41.5 Å². The molecule has 0 heterocycles. The van der Waals surface area contributed by atoms with Gasteiger partial charge in [-0.3, -0.25) is 0 Å². The second kappa shape index (κ2) is 9.71. The van der Waals surface area contributed by atoms with E-state index in [0.717, 1.165) is 0 Å². The molecule has 0 fully saturated rings. The summed E-state index contributed by atoms with van der Waals surface area (Å²) in [5, 5.41) is 20.2. The van der Waals surface area contributed by atoms with Crippen LogP contribution in [0.25, 0.3) is 0 Å². The van der Waals surface area contributed by atoms with E-state index in [1.54, 1.807) is 48.1 Å². The van der Waals surface area contributed by atoms with Crippen LogP contribution >= 0.6 is 0 Å². The first-order valence-corrected chi connectivity index (χ1v) is 9.80. The molecule has 2 aliphatic carbocycles. The second-order valence-corrected chi connectivity index (χ2v) is 10.8. The average Bonchev–Trinajstić information content (AvgIpc) is 2.85. The molecule has 0 amide bonds. The molecule has 3 heteroatoms. The first-order valence-electron chi connectivity index (χ1n) is 7.34. The maximum absolute atomic E-state index is 10.1. The van der Waals surface area contributed by atoms with Crippen LogP contribution in [0.2, 0.25) is 0 Å². The van der Waals surface area contributed by atoms with Gasteiger partial charge in [-0.15, -0.1) is 11.2 Å². The smallest absolute Gasteiger partial charge is 0.0756 e. The predicted molar refractivity (Wildman–Crippen MR) is 83.2 cm³/mol. The van der Waals surface area contributed by atoms with E-state index < -0.39 is 11.2 Å². The predicted octanol–water partition coefficient (Wildman–Crippen LogP) is 3.05. The molecule has 0 saturated heterocycles. The minimum atomic E-state index is -0.750. The van der Waals surface area contributed by atoms with Crippen molar-refractivity contribution in [1.29, 1.82) is 0 Å². The molecule has 0 unspecified atom stereocenters. The number of rotatable bonds is 2. The van der Waals surface area contributed by atoms with Gasteiger partial charge in [0.2, 0.25) is 0 Å². The van der Waals surface area contributed by atoms with Crippen LogP contribution in [0.3, 0.4) is 0 Å².